The summed E-state index contributed by atoms with van der Waals surface area (Å²) in [5, 5.41) is 3.43. The Balaban J connectivity index is 0.00000192. The van der Waals surface area contributed by atoms with Crippen molar-refractivity contribution in [2.75, 3.05) is 19.6 Å². The molecule has 28 heavy (non-hydrogen) atoms. The zero-order valence-electron chi connectivity index (χ0n) is 15.6. The summed E-state index contributed by atoms with van der Waals surface area (Å²) < 4.78 is 28.9. The molecular weight excluding hydrogens is 400 g/mol. The van der Waals surface area contributed by atoms with E-state index in [9.17, 15) is 13.2 Å². The Morgan fingerprint density at radius 1 is 1.11 bits per heavy atom. The number of sulfonamides is 1. The fourth-order valence-electron chi connectivity index (χ4n) is 5.09. The first-order valence-corrected chi connectivity index (χ1v) is 11.2. The Hall–Kier alpha value is -1.64. The molecule has 152 valence electrons. The van der Waals surface area contributed by atoms with Crippen LogP contribution >= 0.6 is 12.4 Å². The van der Waals surface area contributed by atoms with Crippen molar-refractivity contribution in [3.05, 3.63) is 29.8 Å². The van der Waals surface area contributed by atoms with Gasteiger partial charge in [-0.15, -0.1) is 16.8 Å². The van der Waals surface area contributed by atoms with Crippen molar-refractivity contribution in [1.29, 1.82) is 0 Å². The summed E-state index contributed by atoms with van der Waals surface area (Å²) in [5.74, 6) is 0.593. The number of nitrogens with zero attached hydrogens (tertiary/aromatic N) is 3. The smallest absolute Gasteiger partial charge is 0.285 e. The number of halogens is 1. The van der Waals surface area contributed by atoms with Crippen molar-refractivity contribution in [1.82, 2.24) is 15.1 Å². The Bertz CT molecular complexity index is 906. The zero-order chi connectivity index (χ0) is 18.6. The summed E-state index contributed by atoms with van der Waals surface area (Å²) in [6.45, 7) is 2.48. The number of likely N-dealkylation sites (tertiary alicyclic amines) is 1. The molecular formula is C19H25ClN4O3S. The largest absolute Gasteiger partial charge is 0.343 e. The van der Waals surface area contributed by atoms with Crippen LogP contribution in [0.5, 0.6) is 0 Å². The number of amides is 1. The molecule has 1 amide bonds. The van der Waals surface area contributed by atoms with Gasteiger partial charge in [-0.05, 0) is 50.8 Å². The quantitative estimate of drug-likeness (QED) is 0.736. The number of hydrogen-bond donors (Lipinski definition) is 1. The molecule has 4 aliphatic heterocycles. The van der Waals surface area contributed by atoms with Crippen LogP contribution in [0.4, 0.5) is 0 Å². The molecule has 4 aliphatic rings. The molecule has 1 N–H and O–H groups in total. The van der Waals surface area contributed by atoms with Crippen LogP contribution in [0.3, 0.4) is 0 Å². The minimum absolute atomic E-state index is 0. The summed E-state index contributed by atoms with van der Waals surface area (Å²) in [4.78, 5) is 17.8. The van der Waals surface area contributed by atoms with Gasteiger partial charge in [-0.25, -0.2) is 0 Å². The Labute approximate surface area is 171 Å². The highest BCUT2D eigenvalue weighted by Gasteiger charge is 2.45. The van der Waals surface area contributed by atoms with Crippen LogP contribution in [0.15, 0.2) is 33.6 Å². The molecule has 3 fully saturated rings. The standard InChI is InChI=1S/C19H24N4O3S.ClH/c24-19(23-13-7-8-14(23)12-20-10-9-13)16-5-3-11-22(16)18-15-4-1-2-6-17(15)27(25,26)21-18;/h1-2,4,6,13-14,16,20H,3,5,7-12H2;1H. The van der Waals surface area contributed by atoms with Gasteiger partial charge in [0.05, 0.1) is 0 Å². The molecule has 0 saturated carbocycles. The highest BCUT2D eigenvalue weighted by atomic mass is 35.5. The summed E-state index contributed by atoms with van der Waals surface area (Å²) in [7, 11) is -3.67. The van der Waals surface area contributed by atoms with Crippen LogP contribution in [0.1, 0.15) is 37.7 Å². The number of benzene rings is 1. The summed E-state index contributed by atoms with van der Waals surface area (Å²) in [5.41, 5.74) is 0.623. The molecule has 3 saturated heterocycles. The topological polar surface area (TPSA) is 82.1 Å². The maximum atomic E-state index is 13.5. The van der Waals surface area contributed by atoms with Gasteiger partial charge < -0.3 is 15.1 Å². The van der Waals surface area contributed by atoms with Gasteiger partial charge in [0.15, 0.2) is 5.84 Å². The molecule has 3 atom stereocenters. The molecule has 1 aromatic rings. The van der Waals surface area contributed by atoms with Gasteiger partial charge in [-0.2, -0.15) is 8.42 Å². The SMILES string of the molecule is Cl.O=C(C1CCCN1C1=NS(=O)(=O)c2ccccc21)N1C2CCNCC1CC2. The van der Waals surface area contributed by atoms with Gasteiger partial charge in [0.1, 0.15) is 10.9 Å². The highest BCUT2D eigenvalue weighted by Crippen LogP contribution is 2.34. The average Bonchev–Trinajstić information content (AvgIpc) is 3.29. The van der Waals surface area contributed by atoms with Gasteiger partial charge in [0.25, 0.3) is 10.0 Å². The molecule has 7 nitrogen and oxygen atoms in total. The van der Waals surface area contributed by atoms with E-state index in [0.717, 1.165) is 45.2 Å². The third-order valence-corrected chi connectivity index (χ3v) is 7.66. The predicted octanol–water partition coefficient (Wildman–Crippen LogP) is 1.37. The van der Waals surface area contributed by atoms with Gasteiger partial charge >= 0.3 is 0 Å². The number of fused-ring (bicyclic) bond motifs is 3. The molecule has 0 radical (unpaired) electrons. The van der Waals surface area contributed by atoms with Crippen LogP contribution < -0.4 is 5.32 Å². The van der Waals surface area contributed by atoms with Gasteiger partial charge in [-0.3, -0.25) is 4.79 Å². The highest BCUT2D eigenvalue weighted by molar-refractivity contribution is 7.90. The van der Waals surface area contributed by atoms with Gasteiger partial charge in [0.2, 0.25) is 5.91 Å². The summed E-state index contributed by atoms with van der Waals surface area (Å²) in [6, 6.07) is 7.17. The summed E-state index contributed by atoms with van der Waals surface area (Å²) in [6.07, 6.45) is 4.74. The number of rotatable bonds is 1. The fraction of sp³-hybridized carbons (Fsp3) is 0.579. The predicted molar refractivity (Wildman–Crippen MR) is 108 cm³/mol. The minimum atomic E-state index is -3.67. The molecule has 9 heteroatoms. The van der Waals surface area contributed by atoms with Gasteiger partial charge in [-0.1, -0.05) is 12.1 Å². The van der Waals surface area contributed by atoms with E-state index in [4.69, 9.17) is 0 Å². The number of nitrogens with one attached hydrogen (secondary N) is 1. The number of hydrogen-bond acceptors (Lipinski definition) is 5. The maximum Gasteiger partial charge on any atom is 0.285 e. The van der Waals surface area contributed by atoms with E-state index >= 15 is 0 Å². The molecule has 0 aromatic heterocycles. The Morgan fingerprint density at radius 2 is 1.89 bits per heavy atom. The van der Waals surface area contributed by atoms with E-state index in [0.29, 0.717) is 24.0 Å². The first kappa shape index (κ1) is 19.7. The van der Waals surface area contributed by atoms with Crippen LogP contribution in [0.2, 0.25) is 0 Å². The molecule has 0 spiro atoms. The molecule has 0 aliphatic carbocycles. The average molecular weight is 425 g/mol. The van der Waals surface area contributed by atoms with Crippen molar-refractivity contribution in [2.45, 2.75) is 55.1 Å². The van der Waals surface area contributed by atoms with E-state index in [1.165, 1.54) is 0 Å². The molecule has 3 unspecified atom stereocenters. The Morgan fingerprint density at radius 3 is 2.75 bits per heavy atom. The van der Waals surface area contributed by atoms with E-state index in [2.05, 4.69) is 14.6 Å². The third kappa shape index (κ3) is 3.02. The van der Waals surface area contributed by atoms with E-state index in [1.54, 1.807) is 18.2 Å². The summed E-state index contributed by atoms with van der Waals surface area (Å²) >= 11 is 0. The van der Waals surface area contributed by atoms with Gasteiger partial charge in [0, 0.05) is 30.7 Å². The molecule has 2 bridgehead atoms. The second kappa shape index (κ2) is 7.31. The fourth-order valence-corrected chi connectivity index (χ4v) is 6.30. The van der Waals surface area contributed by atoms with E-state index in [-0.39, 0.29) is 35.3 Å². The lowest BCUT2D eigenvalue weighted by Crippen LogP contribution is -2.52. The number of carbonyl (C=O) groups excluding carboxylic acids is 1. The first-order chi connectivity index (χ1) is 13.1. The van der Waals surface area contributed by atoms with Crippen LogP contribution in [-0.2, 0) is 14.8 Å². The molecule has 1 aromatic carbocycles. The second-order valence-electron chi connectivity index (χ2n) is 7.86. The maximum absolute atomic E-state index is 13.5. The van der Waals surface area contributed by atoms with Crippen molar-refractivity contribution >= 4 is 34.2 Å². The zero-order valence-corrected chi connectivity index (χ0v) is 17.2. The van der Waals surface area contributed by atoms with Crippen LogP contribution in [0, 0.1) is 0 Å². The first-order valence-electron chi connectivity index (χ1n) is 9.80. The monoisotopic (exact) mass is 424 g/mol. The van der Waals surface area contributed by atoms with Crippen LogP contribution in [0.25, 0.3) is 0 Å². The van der Waals surface area contributed by atoms with Crippen molar-refractivity contribution in [3.63, 3.8) is 0 Å². The Kier molecular flexibility index (Phi) is 5.14. The molecule has 5 rings (SSSR count). The lowest BCUT2D eigenvalue weighted by atomic mass is 10.1. The number of amidine groups is 1. The van der Waals surface area contributed by atoms with Crippen molar-refractivity contribution in [2.24, 2.45) is 4.40 Å². The lowest BCUT2D eigenvalue weighted by molar-refractivity contribution is -0.137. The molecule has 4 heterocycles. The number of carbonyl (C=O) groups is 1. The lowest BCUT2D eigenvalue weighted by Gasteiger charge is -2.34. The van der Waals surface area contributed by atoms with E-state index in [1.807, 2.05) is 11.0 Å². The van der Waals surface area contributed by atoms with E-state index < -0.39 is 10.0 Å². The third-order valence-electron chi connectivity index (χ3n) is 6.33. The van der Waals surface area contributed by atoms with Crippen LogP contribution in [-0.4, -0.2) is 67.7 Å². The van der Waals surface area contributed by atoms with Crippen molar-refractivity contribution < 1.29 is 13.2 Å². The van der Waals surface area contributed by atoms with Crippen molar-refractivity contribution in [3.8, 4) is 0 Å². The second-order valence-corrected chi connectivity index (χ2v) is 9.43. The minimum Gasteiger partial charge on any atom is -0.343 e. The normalized spacial score (nSPS) is 30.4.